The zero-order valence-corrected chi connectivity index (χ0v) is 15.4. The number of ether oxygens (including phenoxy) is 1. The summed E-state index contributed by atoms with van der Waals surface area (Å²) in [6.07, 6.45) is 0.0357. The van der Waals surface area contributed by atoms with Crippen molar-refractivity contribution in [2.75, 3.05) is 17.0 Å². The first kappa shape index (κ1) is 18.1. The second kappa shape index (κ2) is 8.59. The number of nitrogens with one attached hydrogen (secondary N) is 1. The van der Waals surface area contributed by atoms with Gasteiger partial charge >= 0.3 is 6.09 Å². The van der Waals surface area contributed by atoms with E-state index < -0.39 is 6.09 Å². The van der Waals surface area contributed by atoms with Crippen molar-refractivity contribution >= 4 is 17.5 Å². The zero-order valence-electron chi connectivity index (χ0n) is 15.4. The quantitative estimate of drug-likeness (QED) is 0.668. The number of amides is 1. The van der Waals surface area contributed by atoms with Gasteiger partial charge in [0.2, 0.25) is 0 Å². The van der Waals surface area contributed by atoms with Crippen molar-refractivity contribution in [3.05, 3.63) is 96.6 Å². The Balaban J connectivity index is 1.42. The van der Waals surface area contributed by atoms with Crippen LogP contribution in [0.1, 0.15) is 18.0 Å². The lowest BCUT2D eigenvalue weighted by atomic mass is 10.0. The molecule has 0 saturated carbocycles. The summed E-state index contributed by atoms with van der Waals surface area (Å²) in [7, 11) is 0. The molecule has 1 N–H and O–H groups in total. The Morgan fingerprint density at radius 1 is 0.929 bits per heavy atom. The predicted molar refractivity (Wildman–Crippen MR) is 109 cm³/mol. The van der Waals surface area contributed by atoms with E-state index >= 15 is 0 Å². The first-order valence-electron chi connectivity index (χ1n) is 9.34. The summed E-state index contributed by atoms with van der Waals surface area (Å²) >= 11 is 0. The Morgan fingerprint density at radius 3 is 2.21 bits per heavy atom. The van der Waals surface area contributed by atoms with Gasteiger partial charge in [0.25, 0.3) is 0 Å². The number of carbonyl (C=O) groups is 1. The van der Waals surface area contributed by atoms with Gasteiger partial charge in [-0.05, 0) is 29.8 Å². The third-order valence-electron chi connectivity index (χ3n) is 4.65. The molecule has 2 atom stereocenters. The molecule has 5 heteroatoms. The number of hydrogen-bond donors (Lipinski definition) is 1. The molecule has 28 heavy (non-hydrogen) atoms. The van der Waals surface area contributed by atoms with Crippen molar-refractivity contribution in [1.29, 1.82) is 0 Å². The maximum absolute atomic E-state index is 12.1. The number of benzene rings is 3. The Hall–Kier alpha value is -3.31. The fraction of sp³-hybridized carbons (Fsp3) is 0.174. The highest BCUT2D eigenvalue weighted by molar-refractivity contribution is 5.84. The van der Waals surface area contributed by atoms with Gasteiger partial charge in [0, 0.05) is 12.1 Å². The average molecular weight is 374 g/mol. The Kier molecular flexibility index (Phi) is 5.54. The summed E-state index contributed by atoms with van der Waals surface area (Å²) in [4.78, 5) is 18.2. The van der Waals surface area contributed by atoms with Gasteiger partial charge in [-0.25, -0.2) is 9.86 Å². The molecule has 4 rings (SSSR count). The van der Waals surface area contributed by atoms with E-state index in [9.17, 15) is 4.79 Å². The summed E-state index contributed by atoms with van der Waals surface area (Å²) in [6.45, 7) is 0.186. The van der Waals surface area contributed by atoms with E-state index in [1.165, 1.54) is 5.56 Å². The Morgan fingerprint density at radius 2 is 1.54 bits per heavy atom. The minimum Gasteiger partial charge on any atom is -0.446 e. The average Bonchev–Trinajstić information content (AvgIpc) is 3.19. The third-order valence-corrected chi connectivity index (χ3v) is 4.65. The molecule has 3 aromatic carbocycles. The van der Waals surface area contributed by atoms with Crippen LogP contribution in [0.25, 0.3) is 0 Å². The van der Waals surface area contributed by atoms with E-state index in [0.29, 0.717) is 5.69 Å². The van der Waals surface area contributed by atoms with E-state index in [1.807, 2.05) is 83.9 Å². The van der Waals surface area contributed by atoms with Crippen LogP contribution in [0.5, 0.6) is 0 Å². The summed E-state index contributed by atoms with van der Waals surface area (Å²) < 4.78 is 5.40. The molecule has 2 unspecified atom stereocenters. The molecule has 0 aromatic heterocycles. The van der Waals surface area contributed by atoms with E-state index in [1.54, 1.807) is 0 Å². The van der Waals surface area contributed by atoms with Crippen molar-refractivity contribution in [3.8, 4) is 0 Å². The first-order valence-corrected chi connectivity index (χ1v) is 9.34. The normalized spacial score (nSPS) is 18.6. The molecule has 1 amide bonds. The fourth-order valence-electron chi connectivity index (χ4n) is 3.33. The maximum Gasteiger partial charge on any atom is 0.411 e. The van der Waals surface area contributed by atoms with Crippen LogP contribution in [0.4, 0.5) is 16.2 Å². The molecule has 1 aliphatic heterocycles. The van der Waals surface area contributed by atoms with Crippen molar-refractivity contribution in [1.82, 2.24) is 0 Å². The summed E-state index contributed by atoms with van der Waals surface area (Å²) in [5.41, 5.74) is 2.85. The van der Waals surface area contributed by atoms with E-state index in [2.05, 4.69) is 17.4 Å². The number of carbonyl (C=O) groups excluding carboxylic acids is 1. The molecule has 1 aliphatic rings. The molecule has 0 spiro atoms. The van der Waals surface area contributed by atoms with Crippen LogP contribution in [0.3, 0.4) is 0 Å². The van der Waals surface area contributed by atoms with Crippen LogP contribution in [-0.4, -0.2) is 18.8 Å². The summed E-state index contributed by atoms with van der Waals surface area (Å²) in [5, 5.41) is 4.64. The minimum atomic E-state index is -0.482. The Labute approximate surface area is 164 Å². The van der Waals surface area contributed by atoms with Crippen molar-refractivity contribution in [2.24, 2.45) is 0 Å². The van der Waals surface area contributed by atoms with Gasteiger partial charge in [-0.2, -0.15) is 0 Å². The van der Waals surface area contributed by atoms with Crippen LogP contribution in [0.2, 0.25) is 0 Å². The van der Waals surface area contributed by atoms with Gasteiger partial charge in [0.15, 0.2) is 0 Å². The fourth-order valence-corrected chi connectivity index (χ4v) is 3.33. The van der Waals surface area contributed by atoms with Gasteiger partial charge in [-0.15, -0.1) is 0 Å². The zero-order chi connectivity index (χ0) is 19.2. The maximum atomic E-state index is 12.1. The van der Waals surface area contributed by atoms with E-state index in [0.717, 1.165) is 12.1 Å². The SMILES string of the molecule is O=C(Nc1ccccc1)OCC1CC(c2ccccc2)N(c2ccccc2)O1. The minimum absolute atomic E-state index is 0.0642. The highest BCUT2D eigenvalue weighted by Crippen LogP contribution is 2.37. The topological polar surface area (TPSA) is 50.8 Å². The monoisotopic (exact) mass is 374 g/mol. The number of hydrogen-bond acceptors (Lipinski definition) is 4. The van der Waals surface area contributed by atoms with Crippen LogP contribution in [0.15, 0.2) is 91.0 Å². The molecule has 0 radical (unpaired) electrons. The van der Waals surface area contributed by atoms with Crippen LogP contribution < -0.4 is 10.4 Å². The number of para-hydroxylation sites is 2. The third kappa shape index (κ3) is 4.32. The molecule has 1 fully saturated rings. The number of anilines is 2. The summed E-state index contributed by atoms with van der Waals surface area (Å²) in [5.74, 6) is 0. The largest absolute Gasteiger partial charge is 0.446 e. The smallest absolute Gasteiger partial charge is 0.411 e. The molecule has 3 aromatic rings. The van der Waals surface area contributed by atoms with Crippen molar-refractivity contribution < 1.29 is 14.4 Å². The molecule has 5 nitrogen and oxygen atoms in total. The van der Waals surface area contributed by atoms with Gasteiger partial charge in [0.05, 0.1) is 11.7 Å². The summed E-state index contributed by atoms with van der Waals surface area (Å²) in [6, 6.07) is 29.5. The second-order valence-electron chi connectivity index (χ2n) is 6.64. The number of hydroxylamine groups is 1. The van der Waals surface area contributed by atoms with E-state index in [4.69, 9.17) is 9.57 Å². The van der Waals surface area contributed by atoms with E-state index in [-0.39, 0.29) is 18.8 Å². The molecular weight excluding hydrogens is 352 g/mol. The van der Waals surface area contributed by atoms with Crippen LogP contribution in [-0.2, 0) is 9.57 Å². The van der Waals surface area contributed by atoms with Crippen LogP contribution in [0, 0.1) is 0 Å². The van der Waals surface area contributed by atoms with Crippen LogP contribution >= 0.6 is 0 Å². The van der Waals surface area contributed by atoms with Gasteiger partial charge in [0.1, 0.15) is 12.7 Å². The molecular formula is C23H22N2O3. The Bertz CT molecular complexity index is 840. The molecule has 1 saturated heterocycles. The van der Waals surface area contributed by atoms with Crippen molar-refractivity contribution in [2.45, 2.75) is 18.6 Å². The lowest BCUT2D eigenvalue weighted by molar-refractivity contribution is 0.0329. The predicted octanol–water partition coefficient (Wildman–Crippen LogP) is 5.19. The number of rotatable bonds is 5. The first-order chi connectivity index (χ1) is 13.8. The standard InChI is InChI=1S/C23H22N2O3/c26-23(24-19-12-6-2-7-13-19)27-17-21-16-22(18-10-4-1-5-11-18)25(28-21)20-14-8-3-9-15-20/h1-15,21-22H,16-17H2,(H,24,26). The number of nitrogens with zero attached hydrogens (tertiary/aromatic N) is 1. The molecule has 0 bridgehead atoms. The highest BCUT2D eigenvalue weighted by Gasteiger charge is 2.35. The molecule has 1 heterocycles. The highest BCUT2D eigenvalue weighted by atomic mass is 16.7. The molecule has 0 aliphatic carbocycles. The van der Waals surface area contributed by atoms with Gasteiger partial charge < -0.3 is 4.74 Å². The second-order valence-corrected chi connectivity index (χ2v) is 6.64. The van der Waals surface area contributed by atoms with Gasteiger partial charge in [-0.1, -0.05) is 66.7 Å². The van der Waals surface area contributed by atoms with Crippen molar-refractivity contribution in [3.63, 3.8) is 0 Å². The lowest BCUT2D eigenvalue weighted by Crippen LogP contribution is -2.25. The molecule has 142 valence electrons. The van der Waals surface area contributed by atoms with Gasteiger partial charge in [-0.3, -0.25) is 10.2 Å². The lowest BCUT2D eigenvalue weighted by Gasteiger charge is -2.25.